The molecule has 0 spiro atoms. The van der Waals surface area contributed by atoms with Crippen molar-refractivity contribution < 1.29 is 9.53 Å². The lowest BCUT2D eigenvalue weighted by Crippen LogP contribution is -2.31. The second kappa shape index (κ2) is 8.53. The van der Waals surface area contributed by atoms with Crippen molar-refractivity contribution in [3.8, 4) is 0 Å². The number of carbonyl (C=O) groups is 1. The van der Waals surface area contributed by atoms with Crippen molar-refractivity contribution in [1.29, 1.82) is 0 Å². The summed E-state index contributed by atoms with van der Waals surface area (Å²) in [5, 5.41) is 0. The van der Waals surface area contributed by atoms with Crippen LogP contribution in [0.4, 0.5) is 5.69 Å². The number of hydrogen-bond acceptors (Lipinski definition) is 3. The largest absolute Gasteiger partial charge is 0.399 e. The minimum atomic E-state index is 0.126. The van der Waals surface area contributed by atoms with Crippen LogP contribution in [0.15, 0.2) is 24.3 Å². The van der Waals surface area contributed by atoms with E-state index in [0.717, 1.165) is 17.7 Å². The summed E-state index contributed by atoms with van der Waals surface area (Å²) < 4.78 is 5.35. The zero-order valence-corrected chi connectivity index (χ0v) is 11.9. The lowest BCUT2D eigenvalue weighted by atomic mass is 10.2. The van der Waals surface area contributed by atoms with Gasteiger partial charge in [0.25, 0.3) is 0 Å². The van der Waals surface area contributed by atoms with Gasteiger partial charge in [0, 0.05) is 25.4 Å². The maximum absolute atomic E-state index is 12.0. The van der Waals surface area contributed by atoms with Gasteiger partial charge in [-0.05, 0) is 31.0 Å². The van der Waals surface area contributed by atoms with Crippen molar-refractivity contribution in [2.75, 3.05) is 25.5 Å². The van der Waals surface area contributed by atoms with Crippen molar-refractivity contribution in [3.05, 3.63) is 29.8 Å². The van der Waals surface area contributed by atoms with Gasteiger partial charge in [-0.25, -0.2) is 0 Å². The number of benzene rings is 1. The van der Waals surface area contributed by atoms with Crippen LogP contribution in [-0.4, -0.2) is 30.6 Å². The average Bonchev–Trinajstić information content (AvgIpc) is 2.41. The molecule has 0 aliphatic heterocycles. The van der Waals surface area contributed by atoms with E-state index in [0.29, 0.717) is 32.7 Å². The SMILES string of the molecule is CCCOCCC(=O)N(CC)Cc1cccc(N)c1. The summed E-state index contributed by atoms with van der Waals surface area (Å²) in [5.41, 5.74) is 7.53. The monoisotopic (exact) mass is 264 g/mol. The summed E-state index contributed by atoms with van der Waals surface area (Å²) in [6.45, 7) is 6.56. The number of nitrogen functional groups attached to an aromatic ring is 1. The highest BCUT2D eigenvalue weighted by atomic mass is 16.5. The molecule has 106 valence electrons. The Bertz CT molecular complexity index is 393. The maximum Gasteiger partial charge on any atom is 0.225 e. The number of rotatable bonds is 8. The van der Waals surface area contributed by atoms with Gasteiger partial charge >= 0.3 is 0 Å². The van der Waals surface area contributed by atoms with Gasteiger partial charge in [-0.1, -0.05) is 19.1 Å². The Morgan fingerprint density at radius 3 is 2.74 bits per heavy atom. The number of anilines is 1. The number of nitrogens with zero attached hydrogens (tertiary/aromatic N) is 1. The van der Waals surface area contributed by atoms with Crippen LogP contribution in [0, 0.1) is 0 Å². The van der Waals surface area contributed by atoms with E-state index in [1.54, 1.807) is 0 Å². The highest BCUT2D eigenvalue weighted by Crippen LogP contribution is 2.10. The van der Waals surface area contributed by atoms with Crippen molar-refractivity contribution in [1.82, 2.24) is 4.90 Å². The van der Waals surface area contributed by atoms with E-state index in [9.17, 15) is 4.79 Å². The van der Waals surface area contributed by atoms with E-state index in [2.05, 4.69) is 6.92 Å². The molecule has 0 atom stereocenters. The molecule has 1 aromatic rings. The van der Waals surface area contributed by atoms with Crippen LogP contribution in [0.1, 0.15) is 32.3 Å². The Morgan fingerprint density at radius 2 is 2.11 bits per heavy atom. The minimum absolute atomic E-state index is 0.126. The molecular weight excluding hydrogens is 240 g/mol. The summed E-state index contributed by atoms with van der Waals surface area (Å²) in [5.74, 6) is 0.126. The molecule has 4 heteroatoms. The predicted octanol–water partition coefficient (Wildman–Crippen LogP) is 2.43. The molecular formula is C15H24N2O2. The summed E-state index contributed by atoms with van der Waals surface area (Å²) in [7, 11) is 0. The van der Waals surface area contributed by atoms with E-state index in [1.807, 2.05) is 36.1 Å². The molecule has 0 radical (unpaired) electrons. The normalized spacial score (nSPS) is 10.4. The van der Waals surface area contributed by atoms with Crippen LogP contribution in [0.3, 0.4) is 0 Å². The molecule has 1 aromatic carbocycles. The summed E-state index contributed by atoms with van der Waals surface area (Å²) in [6, 6.07) is 7.65. The van der Waals surface area contributed by atoms with Crippen LogP contribution >= 0.6 is 0 Å². The van der Waals surface area contributed by atoms with Crippen LogP contribution in [0.5, 0.6) is 0 Å². The number of ether oxygens (including phenoxy) is 1. The molecule has 0 fully saturated rings. The second-order valence-electron chi connectivity index (χ2n) is 4.52. The third kappa shape index (κ3) is 5.75. The Kier molecular flexibility index (Phi) is 6.97. The van der Waals surface area contributed by atoms with E-state index < -0.39 is 0 Å². The zero-order valence-electron chi connectivity index (χ0n) is 11.9. The molecule has 0 aliphatic carbocycles. The molecule has 0 aromatic heterocycles. The fourth-order valence-corrected chi connectivity index (χ4v) is 1.85. The summed E-state index contributed by atoms with van der Waals surface area (Å²) >= 11 is 0. The van der Waals surface area contributed by atoms with Gasteiger partial charge in [0.05, 0.1) is 13.0 Å². The molecule has 4 nitrogen and oxygen atoms in total. The molecule has 0 heterocycles. The third-order valence-electron chi connectivity index (χ3n) is 2.87. The van der Waals surface area contributed by atoms with E-state index in [-0.39, 0.29) is 5.91 Å². The Hall–Kier alpha value is -1.55. The fraction of sp³-hybridized carbons (Fsp3) is 0.533. The molecule has 0 saturated heterocycles. The molecule has 1 rings (SSSR count). The quantitative estimate of drug-likeness (QED) is 0.579. The first kappa shape index (κ1) is 15.5. The first-order valence-electron chi connectivity index (χ1n) is 6.87. The standard InChI is InChI=1S/C15H24N2O2/c1-3-9-19-10-8-15(18)17(4-2)12-13-6-5-7-14(16)11-13/h5-7,11H,3-4,8-10,12,16H2,1-2H3. The van der Waals surface area contributed by atoms with Crippen LogP contribution in [-0.2, 0) is 16.1 Å². The van der Waals surface area contributed by atoms with Crippen molar-refractivity contribution >= 4 is 11.6 Å². The Morgan fingerprint density at radius 1 is 1.32 bits per heavy atom. The van der Waals surface area contributed by atoms with E-state index >= 15 is 0 Å². The molecule has 2 N–H and O–H groups in total. The highest BCUT2D eigenvalue weighted by molar-refractivity contribution is 5.76. The van der Waals surface area contributed by atoms with Crippen molar-refractivity contribution in [2.45, 2.75) is 33.2 Å². The first-order chi connectivity index (χ1) is 9.17. The Balaban J connectivity index is 2.46. The molecule has 0 bridgehead atoms. The van der Waals surface area contributed by atoms with E-state index in [1.165, 1.54) is 0 Å². The molecule has 1 amide bonds. The lowest BCUT2D eigenvalue weighted by molar-refractivity contribution is -0.132. The summed E-state index contributed by atoms with van der Waals surface area (Å²) in [6.07, 6.45) is 1.42. The van der Waals surface area contributed by atoms with Gasteiger partial charge in [0.2, 0.25) is 5.91 Å². The van der Waals surface area contributed by atoms with Gasteiger partial charge < -0.3 is 15.4 Å². The predicted molar refractivity (Wildman–Crippen MR) is 77.7 cm³/mol. The van der Waals surface area contributed by atoms with Crippen molar-refractivity contribution in [3.63, 3.8) is 0 Å². The third-order valence-corrected chi connectivity index (χ3v) is 2.87. The number of hydrogen-bond donors (Lipinski definition) is 1. The fourth-order valence-electron chi connectivity index (χ4n) is 1.85. The lowest BCUT2D eigenvalue weighted by Gasteiger charge is -2.21. The smallest absolute Gasteiger partial charge is 0.225 e. The highest BCUT2D eigenvalue weighted by Gasteiger charge is 2.11. The summed E-state index contributed by atoms with van der Waals surface area (Å²) in [4.78, 5) is 13.9. The minimum Gasteiger partial charge on any atom is -0.399 e. The second-order valence-corrected chi connectivity index (χ2v) is 4.52. The van der Waals surface area contributed by atoms with Crippen molar-refractivity contribution in [2.24, 2.45) is 0 Å². The van der Waals surface area contributed by atoms with Gasteiger partial charge in [0.15, 0.2) is 0 Å². The molecule has 0 saturated carbocycles. The van der Waals surface area contributed by atoms with Gasteiger partial charge in [-0.3, -0.25) is 4.79 Å². The maximum atomic E-state index is 12.0. The van der Waals surface area contributed by atoms with Gasteiger partial charge in [-0.15, -0.1) is 0 Å². The van der Waals surface area contributed by atoms with E-state index in [4.69, 9.17) is 10.5 Å². The van der Waals surface area contributed by atoms with Gasteiger partial charge in [-0.2, -0.15) is 0 Å². The molecule has 19 heavy (non-hydrogen) atoms. The first-order valence-corrected chi connectivity index (χ1v) is 6.87. The van der Waals surface area contributed by atoms with Crippen LogP contribution in [0.25, 0.3) is 0 Å². The van der Waals surface area contributed by atoms with Crippen LogP contribution < -0.4 is 5.73 Å². The van der Waals surface area contributed by atoms with Gasteiger partial charge in [0.1, 0.15) is 0 Å². The molecule has 0 aliphatic rings. The number of amides is 1. The number of nitrogens with two attached hydrogens (primary N) is 1. The van der Waals surface area contributed by atoms with Crippen LogP contribution in [0.2, 0.25) is 0 Å². The number of carbonyl (C=O) groups excluding carboxylic acids is 1. The zero-order chi connectivity index (χ0) is 14.1. The Labute approximate surface area is 115 Å². The topological polar surface area (TPSA) is 55.6 Å². The average molecular weight is 264 g/mol. The molecule has 0 unspecified atom stereocenters.